The number of aryl methyl sites for hydroxylation is 1. The number of hydrogen-bond donors (Lipinski definition) is 0. The van der Waals surface area contributed by atoms with Crippen LogP contribution in [0.2, 0.25) is 5.02 Å². The summed E-state index contributed by atoms with van der Waals surface area (Å²) in [6.07, 6.45) is 0. The number of benzene rings is 2. The second-order valence-electron chi connectivity index (χ2n) is 6.28. The Bertz CT molecular complexity index is 1260. The molecule has 0 radical (unpaired) electrons. The van der Waals surface area contributed by atoms with E-state index in [0.29, 0.717) is 26.8 Å². The summed E-state index contributed by atoms with van der Waals surface area (Å²) in [6.45, 7) is 1.82. The summed E-state index contributed by atoms with van der Waals surface area (Å²) in [6, 6.07) is 13.5. The predicted octanol–water partition coefficient (Wildman–Crippen LogP) is 5.71. The Kier molecular flexibility index (Phi) is 5.13. The van der Waals surface area contributed by atoms with Gasteiger partial charge < -0.3 is 13.9 Å². The van der Waals surface area contributed by atoms with Gasteiger partial charge in [-0.05, 0) is 60.3 Å². The normalized spacial score (nSPS) is 10.9. The molecule has 0 saturated heterocycles. The van der Waals surface area contributed by atoms with Crippen molar-refractivity contribution in [3.63, 3.8) is 0 Å². The van der Waals surface area contributed by atoms with E-state index in [9.17, 15) is 9.59 Å². The molecule has 5 nitrogen and oxygen atoms in total. The van der Waals surface area contributed by atoms with Crippen LogP contribution in [0.25, 0.3) is 22.3 Å². The summed E-state index contributed by atoms with van der Waals surface area (Å²) in [5.74, 6) is 0.00836. The highest BCUT2D eigenvalue weighted by Gasteiger charge is 2.22. The molecule has 2 aromatic carbocycles. The predicted molar refractivity (Wildman–Crippen MR) is 113 cm³/mol. The van der Waals surface area contributed by atoms with Crippen LogP contribution in [-0.2, 0) is 0 Å². The van der Waals surface area contributed by atoms with E-state index in [1.807, 2.05) is 6.92 Å². The third-order valence-corrected chi connectivity index (χ3v) is 5.66. The Labute approximate surface area is 175 Å². The van der Waals surface area contributed by atoms with Crippen LogP contribution in [0.3, 0.4) is 0 Å². The molecule has 0 unspecified atom stereocenters. The van der Waals surface area contributed by atoms with E-state index in [1.54, 1.807) is 55.0 Å². The van der Waals surface area contributed by atoms with E-state index in [0.717, 1.165) is 5.56 Å². The minimum absolute atomic E-state index is 0.164. The maximum Gasteiger partial charge on any atom is 0.353 e. The fourth-order valence-electron chi connectivity index (χ4n) is 2.86. The highest BCUT2D eigenvalue weighted by atomic mass is 35.5. The first kappa shape index (κ1) is 19.2. The van der Waals surface area contributed by atoms with E-state index < -0.39 is 11.4 Å². The van der Waals surface area contributed by atoms with Crippen LogP contribution in [0.4, 0.5) is 0 Å². The number of esters is 1. The second-order valence-corrected chi connectivity index (χ2v) is 7.64. The van der Waals surface area contributed by atoms with Gasteiger partial charge in [-0.2, -0.15) is 0 Å². The number of rotatable bonds is 4. The summed E-state index contributed by atoms with van der Waals surface area (Å²) < 4.78 is 16.7. The summed E-state index contributed by atoms with van der Waals surface area (Å²) >= 11 is 7.41. The first-order valence-electron chi connectivity index (χ1n) is 8.65. The largest absolute Gasteiger partial charge is 0.497 e. The number of halogens is 1. The van der Waals surface area contributed by atoms with Crippen LogP contribution in [0, 0.1) is 6.92 Å². The molecule has 0 N–H and O–H groups in total. The average Bonchev–Trinajstić information content (AvgIpc) is 3.27. The lowest BCUT2D eigenvalue weighted by Gasteiger charge is -2.11. The molecule has 4 rings (SSSR count). The number of methoxy groups -OCH3 is 1. The van der Waals surface area contributed by atoms with Crippen LogP contribution >= 0.6 is 22.9 Å². The van der Waals surface area contributed by atoms with Crippen molar-refractivity contribution in [3.8, 4) is 22.8 Å². The zero-order valence-electron chi connectivity index (χ0n) is 15.5. The minimum atomic E-state index is -0.625. The molecule has 2 aromatic heterocycles. The third kappa shape index (κ3) is 3.64. The fraction of sp³-hybridized carbons (Fsp3) is 0.0909. The van der Waals surface area contributed by atoms with Crippen molar-refractivity contribution in [1.29, 1.82) is 0 Å². The molecule has 0 fully saturated rings. The molecule has 0 saturated carbocycles. The highest BCUT2D eigenvalue weighted by molar-refractivity contribution is 7.12. The topological polar surface area (TPSA) is 65.7 Å². The van der Waals surface area contributed by atoms with Gasteiger partial charge in [0.15, 0.2) is 5.76 Å². The van der Waals surface area contributed by atoms with Crippen molar-refractivity contribution in [2.45, 2.75) is 6.92 Å². The number of thiophene rings is 1. The van der Waals surface area contributed by atoms with Crippen LogP contribution in [0.1, 0.15) is 15.2 Å². The second kappa shape index (κ2) is 7.73. The highest BCUT2D eigenvalue weighted by Crippen LogP contribution is 2.34. The van der Waals surface area contributed by atoms with Gasteiger partial charge in [0, 0.05) is 10.6 Å². The molecule has 0 aliphatic carbocycles. The zero-order valence-corrected chi connectivity index (χ0v) is 17.1. The molecule has 4 aromatic rings. The van der Waals surface area contributed by atoms with Crippen LogP contribution < -0.4 is 14.9 Å². The molecule has 0 atom stereocenters. The summed E-state index contributed by atoms with van der Waals surface area (Å²) in [5.41, 5.74) is 1.24. The summed E-state index contributed by atoms with van der Waals surface area (Å²) in [7, 11) is 1.56. The van der Waals surface area contributed by atoms with Crippen molar-refractivity contribution in [3.05, 3.63) is 79.6 Å². The SMILES string of the molecule is COc1ccc(-c2oc3cc(C)c(Cl)cc3c(=O)c2OC(=O)c2cccs2)cc1. The lowest BCUT2D eigenvalue weighted by atomic mass is 10.1. The Morgan fingerprint density at radius 1 is 1.14 bits per heavy atom. The quantitative estimate of drug-likeness (QED) is 0.391. The van der Waals surface area contributed by atoms with Crippen molar-refractivity contribution in [2.75, 3.05) is 7.11 Å². The Hall–Kier alpha value is -3.09. The standard InChI is InChI=1S/C22H15ClO5S/c1-12-10-17-15(11-16(12)23)19(24)21(28-22(25)18-4-3-9-29-18)20(27-17)13-5-7-14(26-2)8-6-13/h3-11H,1-2H3. The van der Waals surface area contributed by atoms with Gasteiger partial charge in [-0.1, -0.05) is 17.7 Å². The Morgan fingerprint density at radius 2 is 1.90 bits per heavy atom. The van der Waals surface area contributed by atoms with Gasteiger partial charge in [-0.15, -0.1) is 11.3 Å². The summed E-state index contributed by atoms with van der Waals surface area (Å²) in [5, 5.41) is 2.43. The van der Waals surface area contributed by atoms with Crippen LogP contribution in [0.5, 0.6) is 11.5 Å². The number of hydrogen-bond acceptors (Lipinski definition) is 6. The molecular formula is C22H15ClO5S. The molecule has 0 aliphatic heterocycles. The molecule has 2 heterocycles. The molecule has 0 amide bonds. The third-order valence-electron chi connectivity index (χ3n) is 4.40. The monoisotopic (exact) mass is 426 g/mol. The number of carbonyl (C=O) groups excluding carboxylic acids is 1. The molecule has 0 aliphatic rings. The van der Waals surface area contributed by atoms with Gasteiger partial charge in [0.05, 0.1) is 12.5 Å². The van der Waals surface area contributed by atoms with E-state index in [4.69, 9.17) is 25.5 Å². The molecular weight excluding hydrogens is 412 g/mol. The van der Waals surface area contributed by atoms with E-state index in [-0.39, 0.29) is 16.9 Å². The van der Waals surface area contributed by atoms with Crippen LogP contribution in [-0.4, -0.2) is 13.1 Å². The number of carbonyl (C=O) groups is 1. The average molecular weight is 427 g/mol. The Balaban J connectivity index is 1.94. The van der Waals surface area contributed by atoms with Crippen LogP contribution in [0.15, 0.2) is 63.1 Å². The summed E-state index contributed by atoms with van der Waals surface area (Å²) in [4.78, 5) is 26.1. The maximum atomic E-state index is 13.2. The van der Waals surface area contributed by atoms with Crippen molar-refractivity contribution < 1.29 is 18.7 Å². The molecule has 0 spiro atoms. The number of ether oxygens (including phenoxy) is 2. The Morgan fingerprint density at radius 3 is 2.55 bits per heavy atom. The first-order valence-corrected chi connectivity index (χ1v) is 9.90. The maximum absolute atomic E-state index is 13.2. The van der Waals surface area contributed by atoms with E-state index in [1.165, 1.54) is 17.4 Å². The van der Waals surface area contributed by atoms with E-state index >= 15 is 0 Å². The van der Waals surface area contributed by atoms with Gasteiger partial charge in [0.25, 0.3) is 0 Å². The van der Waals surface area contributed by atoms with Gasteiger partial charge in [-0.25, -0.2) is 4.79 Å². The van der Waals surface area contributed by atoms with Gasteiger partial charge in [0.2, 0.25) is 11.2 Å². The zero-order chi connectivity index (χ0) is 20.5. The first-order chi connectivity index (χ1) is 14.0. The van der Waals surface area contributed by atoms with Crippen molar-refractivity contribution in [1.82, 2.24) is 0 Å². The molecule has 29 heavy (non-hydrogen) atoms. The molecule has 0 bridgehead atoms. The lowest BCUT2D eigenvalue weighted by Crippen LogP contribution is -2.15. The van der Waals surface area contributed by atoms with Gasteiger partial charge >= 0.3 is 5.97 Å². The minimum Gasteiger partial charge on any atom is -0.497 e. The number of fused-ring (bicyclic) bond motifs is 1. The lowest BCUT2D eigenvalue weighted by molar-refractivity contribution is 0.0736. The van der Waals surface area contributed by atoms with E-state index in [2.05, 4.69) is 0 Å². The van der Waals surface area contributed by atoms with Gasteiger partial charge in [-0.3, -0.25) is 4.79 Å². The molecule has 146 valence electrons. The van der Waals surface area contributed by atoms with Crippen molar-refractivity contribution in [2.24, 2.45) is 0 Å². The molecule has 7 heteroatoms. The van der Waals surface area contributed by atoms with Crippen molar-refractivity contribution >= 4 is 39.9 Å². The van der Waals surface area contributed by atoms with Gasteiger partial charge in [0.1, 0.15) is 16.2 Å². The fourth-order valence-corrected chi connectivity index (χ4v) is 3.62. The smallest absolute Gasteiger partial charge is 0.353 e.